The van der Waals surface area contributed by atoms with Crippen LogP contribution >= 0.6 is 0 Å². The van der Waals surface area contributed by atoms with E-state index in [0.717, 1.165) is 44.9 Å². The molecule has 1 N–H and O–H groups in total. The van der Waals surface area contributed by atoms with Gasteiger partial charge in [0, 0.05) is 0 Å². The van der Waals surface area contributed by atoms with Gasteiger partial charge in [0.1, 0.15) is 10.1 Å². The van der Waals surface area contributed by atoms with Crippen LogP contribution in [-0.2, 0) is 10.1 Å². The van der Waals surface area contributed by atoms with Gasteiger partial charge in [0.2, 0.25) is 0 Å². The molecule has 176 valence electrons. The second-order valence-corrected chi connectivity index (χ2v) is 10.6. The molecule has 0 rings (SSSR count). The molecular formula is C24H49KO4S. The van der Waals surface area contributed by atoms with Crippen molar-refractivity contribution in [2.75, 3.05) is 0 Å². The van der Waals surface area contributed by atoms with Gasteiger partial charge in [0.05, 0.1) is 0 Å². The van der Waals surface area contributed by atoms with Crippen LogP contribution in [0, 0.1) is 0 Å². The molecular weight excluding hydrogens is 423 g/mol. The molecule has 0 aromatic heterocycles. The van der Waals surface area contributed by atoms with Crippen molar-refractivity contribution in [1.29, 1.82) is 0 Å². The number of hydrogen-bond donors (Lipinski definition) is 1. The van der Waals surface area contributed by atoms with Crippen molar-refractivity contribution in [1.82, 2.24) is 0 Å². The summed E-state index contributed by atoms with van der Waals surface area (Å²) in [4.78, 5) is -2.06. The van der Waals surface area contributed by atoms with E-state index in [1.165, 1.54) is 64.2 Å². The minimum absolute atomic E-state index is 0. The molecule has 4 nitrogen and oxygen atoms in total. The zero-order valence-electron chi connectivity index (χ0n) is 20.4. The summed E-state index contributed by atoms with van der Waals surface area (Å²) in [6.07, 6.45) is 22.0. The van der Waals surface area contributed by atoms with Crippen LogP contribution in [0.25, 0.3) is 0 Å². The third-order valence-corrected chi connectivity index (χ3v) is 7.40. The molecule has 0 radical (unpaired) electrons. The van der Waals surface area contributed by atoms with Crippen LogP contribution in [0.3, 0.4) is 0 Å². The Labute approximate surface area is 230 Å². The van der Waals surface area contributed by atoms with Crippen LogP contribution in [-0.4, -0.2) is 23.0 Å². The zero-order chi connectivity index (χ0) is 21.8. The fourth-order valence-corrected chi connectivity index (χ4v) is 4.76. The molecule has 0 heterocycles. The van der Waals surface area contributed by atoms with Gasteiger partial charge in [-0.2, -0.15) is 0 Å². The second kappa shape index (κ2) is 22.3. The van der Waals surface area contributed by atoms with Crippen molar-refractivity contribution in [3.05, 3.63) is 0 Å². The maximum atomic E-state index is 11.5. The minimum atomic E-state index is -4.67. The molecule has 0 amide bonds. The van der Waals surface area contributed by atoms with E-state index in [4.69, 9.17) is 0 Å². The minimum Gasteiger partial charge on any atom is -0.746 e. The van der Waals surface area contributed by atoms with Crippen molar-refractivity contribution >= 4 is 10.1 Å². The summed E-state index contributed by atoms with van der Waals surface area (Å²) in [5.41, 5.74) is 0. The van der Waals surface area contributed by atoms with E-state index >= 15 is 0 Å². The quantitative estimate of drug-likeness (QED) is 0.143. The fraction of sp³-hybridized carbons (Fsp3) is 1.00. The van der Waals surface area contributed by atoms with E-state index in [2.05, 4.69) is 13.8 Å². The predicted octanol–water partition coefficient (Wildman–Crippen LogP) is 4.46. The summed E-state index contributed by atoms with van der Waals surface area (Å²) in [5, 5.41) is 10.4. The van der Waals surface area contributed by atoms with Crippen LogP contribution in [0.1, 0.15) is 149 Å². The molecule has 0 aliphatic rings. The number of rotatable bonds is 22. The van der Waals surface area contributed by atoms with Crippen LogP contribution in [0.15, 0.2) is 0 Å². The Morgan fingerprint density at radius 3 is 1.03 bits per heavy atom. The Kier molecular flexibility index (Phi) is 25.0. The Hall–Kier alpha value is 1.51. The molecule has 1 unspecified atom stereocenters. The van der Waals surface area contributed by atoms with Crippen molar-refractivity contribution < 1.29 is 69.5 Å². The van der Waals surface area contributed by atoms with Gasteiger partial charge in [-0.3, -0.25) is 0 Å². The van der Waals surface area contributed by atoms with Crippen molar-refractivity contribution in [3.8, 4) is 0 Å². The molecule has 0 aliphatic heterocycles. The number of aliphatic hydroxyl groups is 1. The summed E-state index contributed by atoms with van der Waals surface area (Å²) in [6, 6.07) is 0. The molecule has 0 fully saturated rings. The summed E-state index contributed by atoms with van der Waals surface area (Å²) in [7, 11) is -4.67. The van der Waals surface area contributed by atoms with E-state index < -0.39 is 15.1 Å². The van der Waals surface area contributed by atoms with Gasteiger partial charge in [-0.15, -0.1) is 0 Å². The SMILES string of the molecule is CCCCCCCCCCCCCCCCC(O)(CCCCCCC)S(=O)(=O)[O-].[K+]. The largest absolute Gasteiger partial charge is 1.00 e. The van der Waals surface area contributed by atoms with Gasteiger partial charge < -0.3 is 9.66 Å². The van der Waals surface area contributed by atoms with Gasteiger partial charge in [0.15, 0.2) is 4.93 Å². The predicted molar refractivity (Wildman–Crippen MR) is 123 cm³/mol. The maximum Gasteiger partial charge on any atom is 1.00 e. The Balaban J connectivity index is 0. The first-order valence-corrected chi connectivity index (χ1v) is 14.0. The first kappa shape index (κ1) is 33.7. The molecule has 1 atom stereocenters. The topological polar surface area (TPSA) is 77.4 Å². The molecule has 0 saturated carbocycles. The number of unbranched alkanes of at least 4 members (excludes halogenated alkanes) is 17. The summed E-state index contributed by atoms with van der Waals surface area (Å²) in [5.74, 6) is 0. The third-order valence-electron chi connectivity index (χ3n) is 6.06. The Morgan fingerprint density at radius 1 is 0.567 bits per heavy atom. The van der Waals surface area contributed by atoms with E-state index in [1.54, 1.807) is 0 Å². The van der Waals surface area contributed by atoms with Gasteiger partial charge in [-0.1, -0.05) is 123 Å². The normalized spacial score (nSPS) is 13.7. The standard InChI is InChI=1S/C24H50O4S.K/c1-3-5-7-9-10-11-12-13-14-15-16-17-19-21-23-24(25,29(26,27)28)22-20-18-8-6-4-2;/h25H,3-23H2,1-2H3,(H,26,27,28);/q;+1/p-1. The first-order chi connectivity index (χ1) is 13.9. The average molecular weight is 473 g/mol. The smallest absolute Gasteiger partial charge is 0.746 e. The average Bonchev–Trinajstić information content (AvgIpc) is 2.67. The van der Waals surface area contributed by atoms with Crippen LogP contribution in [0.4, 0.5) is 0 Å². The van der Waals surface area contributed by atoms with Crippen LogP contribution < -0.4 is 51.4 Å². The number of hydrogen-bond acceptors (Lipinski definition) is 4. The van der Waals surface area contributed by atoms with E-state index in [9.17, 15) is 18.1 Å². The molecule has 0 bridgehead atoms. The zero-order valence-corrected chi connectivity index (χ0v) is 24.4. The van der Waals surface area contributed by atoms with E-state index in [1.807, 2.05) is 0 Å². The molecule has 0 saturated heterocycles. The van der Waals surface area contributed by atoms with Crippen LogP contribution in [0.2, 0.25) is 0 Å². The first-order valence-electron chi connectivity index (χ1n) is 12.5. The Bertz CT molecular complexity index is 456. The molecule has 0 aliphatic carbocycles. The maximum absolute atomic E-state index is 11.5. The third kappa shape index (κ3) is 19.0. The molecule has 30 heavy (non-hydrogen) atoms. The van der Waals surface area contributed by atoms with Gasteiger partial charge in [-0.25, -0.2) is 8.42 Å². The van der Waals surface area contributed by atoms with Gasteiger partial charge in [0.25, 0.3) is 0 Å². The van der Waals surface area contributed by atoms with E-state index in [-0.39, 0.29) is 64.2 Å². The van der Waals surface area contributed by atoms with Crippen molar-refractivity contribution in [2.45, 2.75) is 154 Å². The molecule has 0 spiro atoms. The van der Waals surface area contributed by atoms with Crippen molar-refractivity contribution in [2.24, 2.45) is 0 Å². The van der Waals surface area contributed by atoms with Gasteiger partial charge >= 0.3 is 51.4 Å². The monoisotopic (exact) mass is 472 g/mol. The fourth-order valence-electron chi connectivity index (χ4n) is 3.98. The molecule has 0 aromatic rings. The summed E-state index contributed by atoms with van der Waals surface area (Å²) in [6.45, 7) is 4.37. The van der Waals surface area contributed by atoms with Crippen molar-refractivity contribution in [3.63, 3.8) is 0 Å². The Morgan fingerprint density at radius 2 is 0.800 bits per heavy atom. The summed E-state index contributed by atoms with van der Waals surface area (Å²) >= 11 is 0. The van der Waals surface area contributed by atoms with E-state index in [0.29, 0.717) is 12.8 Å². The summed E-state index contributed by atoms with van der Waals surface area (Å²) < 4.78 is 34.6. The van der Waals surface area contributed by atoms with Crippen LogP contribution in [0.5, 0.6) is 0 Å². The molecule has 0 aromatic carbocycles. The van der Waals surface area contributed by atoms with Gasteiger partial charge in [-0.05, 0) is 25.7 Å². The second-order valence-electron chi connectivity index (χ2n) is 8.91. The molecule has 6 heteroatoms.